The van der Waals surface area contributed by atoms with Crippen LogP contribution in [0.15, 0.2) is 0 Å². The Morgan fingerprint density at radius 3 is 2.61 bits per heavy atom. The first kappa shape index (κ1) is 14.8. The van der Waals surface area contributed by atoms with Crippen molar-refractivity contribution < 1.29 is 19.1 Å². The van der Waals surface area contributed by atoms with E-state index in [2.05, 4.69) is 10.6 Å². The number of rotatable bonds is 2. The first-order valence-corrected chi connectivity index (χ1v) is 6.55. The number of carbonyl (C=O) groups excluding carboxylic acids is 3. The quantitative estimate of drug-likeness (QED) is 0.674. The second kappa shape index (κ2) is 5.60. The van der Waals surface area contributed by atoms with Gasteiger partial charge in [-0.3, -0.25) is 9.59 Å². The summed E-state index contributed by atoms with van der Waals surface area (Å²) >= 11 is 1.45. The van der Waals surface area contributed by atoms with Crippen LogP contribution in [0.5, 0.6) is 0 Å². The monoisotopic (exact) mass is 274 g/mol. The molecule has 6 nitrogen and oxygen atoms in total. The van der Waals surface area contributed by atoms with Crippen molar-refractivity contribution in [2.45, 2.75) is 37.6 Å². The van der Waals surface area contributed by atoms with Gasteiger partial charge in [0.25, 0.3) is 0 Å². The summed E-state index contributed by atoms with van der Waals surface area (Å²) in [5, 5.41) is 5.19. The zero-order chi connectivity index (χ0) is 13.9. The van der Waals surface area contributed by atoms with E-state index in [0.717, 1.165) is 0 Å². The lowest BCUT2D eigenvalue weighted by atomic mass is 10.0. The number of ether oxygens (including phenoxy) is 1. The van der Waals surface area contributed by atoms with Gasteiger partial charge in [-0.1, -0.05) is 0 Å². The highest BCUT2D eigenvalue weighted by Crippen LogP contribution is 2.31. The van der Waals surface area contributed by atoms with E-state index < -0.39 is 22.8 Å². The lowest BCUT2D eigenvalue weighted by Crippen LogP contribution is -2.54. The number of methoxy groups -OCH3 is 1. The molecule has 1 heterocycles. The van der Waals surface area contributed by atoms with Crippen LogP contribution in [-0.2, 0) is 19.1 Å². The molecule has 2 amide bonds. The van der Waals surface area contributed by atoms with Crippen LogP contribution < -0.4 is 10.6 Å². The van der Waals surface area contributed by atoms with Gasteiger partial charge >= 0.3 is 5.97 Å². The first-order valence-electron chi connectivity index (χ1n) is 5.57. The van der Waals surface area contributed by atoms with Crippen LogP contribution in [0.3, 0.4) is 0 Å². The molecule has 0 aromatic rings. The Kier molecular flexibility index (Phi) is 4.61. The summed E-state index contributed by atoms with van der Waals surface area (Å²) in [6, 6.07) is -1.35. The minimum atomic E-state index is -0.723. The number of hydrogen-bond donors (Lipinski definition) is 2. The second-order valence-electron chi connectivity index (χ2n) is 4.63. The SMILES string of the molecule is COC(=O)[C@@H]1NC(=O)[C@H](NC(C)=O)CSC1(C)C. The van der Waals surface area contributed by atoms with Gasteiger partial charge in [0, 0.05) is 17.4 Å². The van der Waals surface area contributed by atoms with E-state index in [-0.39, 0.29) is 11.8 Å². The van der Waals surface area contributed by atoms with Gasteiger partial charge < -0.3 is 15.4 Å². The summed E-state index contributed by atoms with van der Waals surface area (Å²) in [6.45, 7) is 5.07. The van der Waals surface area contributed by atoms with Crippen LogP contribution in [0.25, 0.3) is 0 Å². The molecular weight excluding hydrogens is 256 g/mol. The lowest BCUT2D eigenvalue weighted by Gasteiger charge is -2.29. The van der Waals surface area contributed by atoms with Gasteiger partial charge in [0.05, 0.1) is 7.11 Å². The molecule has 1 fully saturated rings. The third-order valence-electron chi connectivity index (χ3n) is 2.73. The average Bonchev–Trinajstić information content (AvgIpc) is 2.38. The molecule has 18 heavy (non-hydrogen) atoms. The van der Waals surface area contributed by atoms with Crippen LogP contribution in [0, 0.1) is 0 Å². The van der Waals surface area contributed by atoms with Gasteiger partial charge in [-0.25, -0.2) is 4.79 Å². The molecule has 0 radical (unpaired) electrons. The Morgan fingerprint density at radius 2 is 2.11 bits per heavy atom. The fourth-order valence-electron chi connectivity index (χ4n) is 1.69. The predicted octanol–water partition coefficient (Wildman–Crippen LogP) is -0.326. The second-order valence-corrected chi connectivity index (χ2v) is 6.31. The van der Waals surface area contributed by atoms with Crippen molar-refractivity contribution in [3.63, 3.8) is 0 Å². The van der Waals surface area contributed by atoms with Crippen molar-refractivity contribution in [1.29, 1.82) is 0 Å². The van der Waals surface area contributed by atoms with E-state index in [1.54, 1.807) is 0 Å². The molecule has 2 N–H and O–H groups in total. The van der Waals surface area contributed by atoms with E-state index in [1.165, 1.54) is 25.8 Å². The van der Waals surface area contributed by atoms with Gasteiger partial charge in [-0.2, -0.15) is 11.8 Å². The summed E-state index contributed by atoms with van der Waals surface area (Å²) in [5.74, 6) is -0.695. The molecular formula is C11H18N2O4S. The molecule has 0 spiro atoms. The maximum atomic E-state index is 11.9. The van der Waals surface area contributed by atoms with Gasteiger partial charge in [0.2, 0.25) is 11.8 Å². The highest BCUT2D eigenvalue weighted by Gasteiger charge is 2.42. The van der Waals surface area contributed by atoms with Crippen molar-refractivity contribution in [3.8, 4) is 0 Å². The maximum absolute atomic E-state index is 11.9. The number of nitrogens with one attached hydrogen (secondary N) is 2. The fourth-order valence-corrected chi connectivity index (χ4v) is 2.84. The van der Waals surface area contributed by atoms with E-state index in [1.807, 2.05) is 13.8 Å². The molecule has 0 unspecified atom stereocenters. The Balaban J connectivity index is 2.89. The Labute approximate surface area is 110 Å². The largest absolute Gasteiger partial charge is 0.467 e. The van der Waals surface area contributed by atoms with Gasteiger partial charge in [0.1, 0.15) is 12.1 Å². The normalized spacial score (nSPS) is 26.8. The molecule has 0 aromatic carbocycles. The summed E-state index contributed by atoms with van der Waals surface area (Å²) in [4.78, 5) is 34.6. The molecule has 102 valence electrons. The minimum absolute atomic E-state index is 0.273. The van der Waals surface area contributed by atoms with Crippen molar-refractivity contribution in [3.05, 3.63) is 0 Å². The summed E-state index contributed by atoms with van der Waals surface area (Å²) in [6.07, 6.45) is 0. The summed E-state index contributed by atoms with van der Waals surface area (Å²) in [5.41, 5.74) is 0. The molecule has 7 heteroatoms. The van der Waals surface area contributed by atoms with Gasteiger partial charge in [-0.05, 0) is 13.8 Å². The van der Waals surface area contributed by atoms with Crippen molar-refractivity contribution in [1.82, 2.24) is 10.6 Å². The number of amides is 2. The van der Waals surface area contributed by atoms with Crippen LogP contribution in [0.4, 0.5) is 0 Å². The van der Waals surface area contributed by atoms with E-state index in [4.69, 9.17) is 4.74 Å². The zero-order valence-corrected chi connectivity index (χ0v) is 11.7. The van der Waals surface area contributed by atoms with Crippen LogP contribution in [0.1, 0.15) is 20.8 Å². The summed E-state index contributed by atoms with van der Waals surface area (Å²) in [7, 11) is 1.28. The third-order valence-corrected chi connectivity index (χ3v) is 4.21. The topological polar surface area (TPSA) is 84.5 Å². The molecule has 0 aliphatic carbocycles. The molecule has 1 aliphatic heterocycles. The predicted molar refractivity (Wildman–Crippen MR) is 68.1 cm³/mol. The molecule has 0 aromatic heterocycles. The Bertz CT molecular complexity index is 370. The molecule has 1 saturated heterocycles. The third kappa shape index (κ3) is 3.38. The fraction of sp³-hybridized carbons (Fsp3) is 0.727. The standard InChI is InChI=1S/C11H18N2O4S/c1-6(14)12-7-5-18-11(2,3)8(10(16)17-4)13-9(7)15/h7-8H,5H2,1-4H3,(H,12,14)(H,13,15)/t7-,8+/m1/s1. The molecule has 1 rings (SSSR count). The van der Waals surface area contributed by atoms with Crippen molar-refractivity contribution >= 4 is 29.5 Å². The first-order chi connectivity index (χ1) is 8.27. The van der Waals surface area contributed by atoms with Crippen molar-refractivity contribution in [2.75, 3.05) is 12.9 Å². The molecule has 2 atom stereocenters. The van der Waals surface area contributed by atoms with Gasteiger partial charge in [0.15, 0.2) is 0 Å². The highest BCUT2D eigenvalue weighted by atomic mass is 32.2. The van der Waals surface area contributed by atoms with Crippen molar-refractivity contribution in [2.24, 2.45) is 0 Å². The molecule has 1 aliphatic rings. The van der Waals surface area contributed by atoms with Crippen LogP contribution in [-0.4, -0.2) is 47.5 Å². The lowest BCUT2D eigenvalue weighted by molar-refractivity contribution is -0.145. The zero-order valence-electron chi connectivity index (χ0n) is 10.9. The maximum Gasteiger partial charge on any atom is 0.329 e. The number of thioether (sulfide) groups is 1. The Hall–Kier alpha value is -1.24. The van der Waals surface area contributed by atoms with E-state index >= 15 is 0 Å². The number of carbonyl (C=O) groups is 3. The Morgan fingerprint density at radius 1 is 1.50 bits per heavy atom. The van der Waals surface area contributed by atoms with Gasteiger partial charge in [-0.15, -0.1) is 0 Å². The summed E-state index contributed by atoms with van der Waals surface area (Å²) < 4.78 is 4.20. The average molecular weight is 274 g/mol. The van der Waals surface area contributed by atoms with Crippen LogP contribution >= 0.6 is 11.8 Å². The minimum Gasteiger partial charge on any atom is -0.467 e. The van der Waals surface area contributed by atoms with Crippen LogP contribution in [0.2, 0.25) is 0 Å². The number of esters is 1. The highest BCUT2D eigenvalue weighted by molar-refractivity contribution is 8.00. The smallest absolute Gasteiger partial charge is 0.329 e. The molecule has 0 saturated carbocycles. The molecule has 0 bridgehead atoms. The van der Waals surface area contributed by atoms with E-state index in [0.29, 0.717) is 5.75 Å². The van der Waals surface area contributed by atoms with E-state index in [9.17, 15) is 14.4 Å². The number of hydrogen-bond acceptors (Lipinski definition) is 5.